The van der Waals surface area contributed by atoms with Crippen molar-refractivity contribution in [3.8, 4) is 0 Å². The van der Waals surface area contributed by atoms with Crippen LogP contribution in [0.5, 0.6) is 0 Å². The van der Waals surface area contributed by atoms with Crippen molar-refractivity contribution in [1.29, 1.82) is 0 Å². The molecule has 2 aliphatic rings. The van der Waals surface area contributed by atoms with E-state index in [-0.39, 0.29) is 11.9 Å². The first-order chi connectivity index (χ1) is 12.1. The van der Waals surface area contributed by atoms with Gasteiger partial charge in [0, 0.05) is 45.0 Å². The summed E-state index contributed by atoms with van der Waals surface area (Å²) in [6.07, 6.45) is 9.37. The predicted molar refractivity (Wildman–Crippen MR) is 99.2 cm³/mol. The number of carbonyl (C=O) groups excluding carboxylic acids is 1. The van der Waals surface area contributed by atoms with Gasteiger partial charge >= 0.3 is 0 Å². The largest absolute Gasteiger partial charge is 0.348 e. The van der Waals surface area contributed by atoms with E-state index in [1.165, 1.54) is 12.8 Å². The van der Waals surface area contributed by atoms with E-state index in [0.29, 0.717) is 0 Å². The fraction of sp³-hybridized carbons (Fsp3) is 0.611. The summed E-state index contributed by atoms with van der Waals surface area (Å²) in [5, 5.41) is 4.34. The van der Waals surface area contributed by atoms with Gasteiger partial charge in [0.1, 0.15) is 4.88 Å². The molecule has 2 fully saturated rings. The van der Waals surface area contributed by atoms with Crippen LogP contribution in [0.15, 0.2) is 12.4 Å². The molecule has 25 heavy (non-hydrogen) atoms. The van der Waals surface area contributed by atoms with Crippen molar-refractivity contribution in [3.63, 3.8) is 0 Å². The third-order valence-electron chi connectivity index (χ3n) is 5.12. The van der Waals surface area contributed by atoms with Crippen molar-refractivity contribution in [2.24, 2.45) is 13.0 Å². The lowest BCUT2D eigenvalue weighted by Gasteiger charge is -2.32. The molecule has 1 N–H and O–H groups in total. The minimum atomic E-state index is 0.0486. The summed E-state index contributed by atoms with van der Waals surface area (Å²) in [5.41, 5.74) is 0.878. The van der Waals surface area contributed by atoms with E-state index in [1.54, 1.807) is 11.3 Å². The van der Waals surface area contributed by atoms with Gasteiger partial charge in [-0.05, 0) is 38.5 Å². The molecule has 0 radical (unpaired) electrons. The number of piperidine rings is 1. The molecule has 0 aromatic carbocycles. The Hall–Kier alpha value is -1.89. The van der Waals surface area contributed by atoms with Crippen LogP contribution in [0.1, 0.15) is 46.1 Å². The molecule has 3 heterocycles. The molecule has 0 bridgehead atoms. The fourth-order valence-electron chi connectivity index (χ4n) is 3.46. The smallest absolute Gasteiger partial charge is 0.263 e. The summed E-state index contributed by atoms with van der Waals surface area (Å²) >= 11 is 1.58. The van der Waals surface area contributed by atoms with Crippen molar-refractivity contribution in [3.05, 3.63) is 28.0 Å². The number of imidazole rings is 1. The number of anilines is 1. The predicted octanol–water partition coefficient (Wildman–Crippen LogP) is 2.54. The number of hydrogen-bond donors (Lipinski definition) is 1. The second-order valence-electron chi connectivity index (χ2n) is 7.24. The number of nitrogens with one attached hydrogen (secondary N) is 1. The third kappa shape index (κ3) is 3.71. The minimum Gasteiger partial charge on any atom is -0.348 e. The highest BCUT2D eigenvalue weighted by Crippen LogP contribution is 2.34. The van der Waals surface area contributed by atoms with Crippen molar-refractivity contribution in [1.82, 2.24) is 19.9 Å². The lowest BCUT2D eigenvalue weighted by atomic mass is 10.1. The maximum atomic E-state index is 12.6. The molecule has 7 heteroatoms. The molecule has 0 spiro atoms. The van der Waals surface area contributed by atoms with Crippen molar-refractivity contribution in [2.45, 2.75) is 45.1 Å². The SMILES string of the molecule is Cc1nc(CC2CC2)sc1C(=O)NC1CCN(c2nccn2C)CC1. The lowest BCUT2D eigenvalue weighted by molar-refractivity contribution is 0.0934. The molecule has 1 aliphatic heterocycles. The summed E-state index contributed by atoms with van der Waals surface area (Å²) in [6, 6.07) is 0.234. The van der Waals surface area contributed by atoms with Crippen LogP contribution in [0.3, 0.4) is 0 Å². The molecule has 1 saturated carbocycles. The first-order valence-electron chi connectivity index (χ1n) is 9.09. The van der Waals surface area contributed by atoms with E-state index in [0.717, 1.165) is 59.8 Å². The van der Waals surface area contributed by atoms with Gasteiger partial charge in [0.2, 0.25) is 5.95 Å². The average Bonchev–Trinajstić information content (AvgIpc) is 3.18. The number of carbonyl (C=O) groups is 1. The van der Waals surface area contributed by atoms with Gasteiger partial charge in [-0.2, -0.15) is 0 Å². The van der Waals surface area contributed by atoms with Crippen molar-refractivity contribution in [2.75, 3.05) is 18.0 Å². The number of amides is 1. The molecule has 2 aromatic heterocycles. The standard InChI is InChI=1S/C18H25N5OS/c1-12-16(25-15(20-12)11-13-3-4-13)17(24)21-14-5-8-23(9-6-14)18-19-7-10-22(18)2/h7,10,13-14H,3-6,8-9,11H2,1-2H3,(H,21,24). The molecular formula is C18H25N5OS. The van der Waals surface area contributed by atoms with E-state index in [9.17, 15) is 4.79 Å². The highest BCUT2D eigenvalue weighted by atomic mass is 32.1. The van der Waals surface area contributed by atoms with Gasteiger partial charge in [0.15, 0.2) is 0 Å². The van der Waals surface area contributed by atoms with Crippen LogP contribution in [-0.4, -0.2) is 39.6 Å². The molecule has 4 rings (SSSR count). The number of nitrogens with zero attached hydrogens (tertiary/aromatic N) is 4. The molecule has 1 aliphatic carbocycles. The monoisotopic (exact) mass is 359 g/mol. The van der Waals surface area contributed by atoms with Crippen LogP contribution in [0.25, 0.3) is 0 Å². The van der Waals surface area contributed by atoms with Gasteiger partial charge < -0.3 is 14.8 Å². The van der Waals surface area contributed by atoms with E-state index in [2.05, 4.69) is 20.2 Å². The highest BCUT2D eigenvalue weighted by Gasteiger charge is 2.27. The summed E-state index contributed by atoms with van der Waals surface area (Å²) < 4.78 is 2.04. The van der Waals surface area contributed by atoms with Gasteiger partial charge in [0.05, 0.1) is 10.7 Å². The topological polar surface area (TPSA) is 63.1 Å². The number of thiazole rings is 1. The van der Waals surface area contributed by atoms with Crippen LogP contribution >= 0.6 is 11.3 Å². The zero-order valence-electron chi connectivity index (χ0n) is 14.9. The van der Waals surface area contributed by atoms with E-state index in [1.807, 2.05) is 30.9 Å². The van der Waals surface area contributed by atoms with Crippen LogP contribution in [0.2, 0.25) is 0 Å². The second kappa shape index (κ2) is 6.78. The average molecular weight is 359 g/mol. The molecule has 1 saturated heterocycles. The Bertz CT molecular complexity index is 755. The van der Waals surface area contributed by atoms with Gasteiger partial charge in [0.25, 0.3) is 5.91 Å². The maximum Gasteiger partial charge on any atom is 0.263 e. The number of hydrogen-bond acceptors (Lipinski definition) is 5. The Balaban J connectivity index is 1.33. The van der Waals surface area contributed by atoms with E-state index >= 15 is 0 Å². The Labute approximate surface area is 152 Å². The first kappa shape index (κ1) is 16.6. The van der Waals surface area contributed by atoms with Gasteiger partial charge in [-0.3, -0.25) is 4.79 Å². The normalized spacial score (nSPS) is 18.6. The molecule has 6 nitrogen and oxygen atoms in total. The quantitative estimate of drug-likeness (QED) is 0.891. The molecule has 1 amide bonds. The zero-order chi connectivity index (χ0) is 17.4. The van der Waals surface area contributed by atoms with Crippen LogP contribution in [0.4, 0.5) is 5.95 Å². The minimum absolute atomic E-state index is 0.0486. The Morgan fingerprint density at radius 3 is 2.72 bits per heavy atom. The third-order valence-corrected chi connectivity index (χ3v) is 6.29. The molecule has 134 valence electrons. The van der Waals surface area contributed by atoms with Crippen LogP contribution < -0.4 is 10.2 Å². The fourth-order valence-corrected chi connectivity index (χ4v) is 4.54. The van der Waals surface area contributed by atoms with Crippen LogP contribution in [0, 0.1) is 12.8 Å². The molecule has 2 aromatic rings. The Morgan fingerprint density at radius 1 is 1.32 bits per heavy atom. The number of rotatable bonds is 5. The molecule has 0 atom stereocenters. The number of aryl methyl sites for hydroxylation is 2. The Morgan fingerprint density at radius 2 is 2.08 bits per heavy atom. The number of aromatic nitrogens is 3. The zero-order valence-corrected chi connectivity index (χ0v) is 15.7. The second-order valence-corrected chi connectivity index (χ2v) is 8.33. The molecule has 0 unspecified atom stereocenters. The maximum absolute atomic E-state index is 12.6. The van der Waals surface area contributed by atoms with Gasteiger partial charge in [-0.1, -0.05) is 0 Å². The van der Waals surface area contributed by atoms with E-state index in [4.69, 9.17) is 0 Å². The van der Waals surface area contributed by atoms with Gasteiger partial charge in [-0.25, -0.2) is 9.97 Å². The molecular weight excluding hydrogens is 334 g/mol. The Kier molecular flexibility index (Phi) is 4.50. The summed E-state index contributed by atoms with van der Waals surface area (Å²) in [7, 11) is 2.02. The summed E-state index contributed by atoms with van der Waals surface area (Å²) in [5.74, 6) is 1.86. The summed E-state index contributed by atoms with van der Waals surface area (Å²) in [4.78, 5) is 24.7. The van der Waals surface area contributed by atoms with Crippen LogP contribution in [-0.2, 0) is 13.5 Å². The van der Waals surface area contributed by atoms with E-state index < -0.39 is 0 Å². The first-order valence-corrected chi connectivity index (χ1v) is 9.91. The highest BCUT2D eigenvalue weighted by molar-refractivity contribution is 7.13. The van der Waals surface area contributed by atoms with Crippen molar-refractivity contribution >= 4 is 23.2 Å². The lowest BCUT2D eigenvalue weighted by Crippen LogP contribution is -2.45. The van der Waals surface area contributed by atoms with Crippen molar-refractivity contribution < 1.29 is 4.79 Å². The summed E-state index contributed by atoms with van der Waals surface area (Å²) in [6.45, 7) is 3.79. The van der Waals surface area contributed by atoms with Gasteiger partial charge in [-0.15, -0.1) is 11.3 Å².